The van der Waals surface area contributed by atoms with Gasteiger partial charge in [-0.15, -0.1) is 0 Å². The standard InChI is InChI=1S/2C7H14O2.Li.Zn.H/c2*1-3-4-5-6(2)7(8)9;;;/h2*6H,3-5H2,1-2H3,(H,8,9);;;/q;;+1;;-1. The molecule has 20 heavy (non-hydrogen) atoms. The van der Waals surface area contributed by atoms with Crippen LogP contribution in [-0.2, 0) is 29.1 Å². The van der Waals surface area contributed by atoms with Gasteiger partial charge in [0.1, 0.15) is 0 Å². The molecule has 2 unspecified atom stereocenters. The van der Waals surface area contributed by atoms with Crippen LogP contribution < -0.4 is 18.9 Å². The van der Waals surface area contributed by atoms with Crippen LogP contribution in [0.15, 0.2) is 0 Å². The van der Waals surface area contributed by atoms with Gasteiger partial charge in [-0.3, -0.25) is 9.59 Å². The molecule has 2 N–H and O–H groups in total. The topological polar surface area (TPSA) is 74.6 Å². The minimum Gasteiger partial charge on any atom is -1.00 e. The number of hydrogen-bond acceptors (Lipinski definition) is 2. The molecule has 0 amide bonds. The molecule has 112 valence electrons. The molecule has 0 aliphatic heterocycles. The molecule has 6 heteroatoms. The molecule has 0 aromatic heterocycles. The van der Waals surface area contributed by atoms with Crippen molar-refractivity contribution < 1.29 is 59.6 Å². The summed E-state index contributed by atoms with van der Waals surface area (Å²) in [6.45, 7) is 7.62. The summed E-state index contributed by atoms with van der Waals surface area (Å²) in [5.74, 6) is -1.68. The quantitative estimate of drug-likeness (QED) is 0.647. The predicted octanol–water partition coefficient (Wildman–Crippen LogP) is 0.909. The van der Waals surface area contributed by atoms with Gasteiger partial charge in [0.2, 0.25) is 0 Å². The van der Waals surface area contributed by atoms with Crippen LogP contribution in [0.2, 0.25) is 0 Å². The van der Waals surface area contributed by atoms with Crippen molar-refractivity contribution >= 4 is 11.9 Å². The van der Waals surface area contributed by atoms with Gasteiger partial charge in [-0.1, -0.05) is 53.4 Å². The van der Waals surface area contributed by atoms with Crippen molar-refractivity contribution in [1.29, 1.82) is 0 Å². The second-order valence-electron chi connectivity index (χ2n) is 4.76. The fourth-order valence-corrected chi connectivity index (χ4v) is 1.27. The first-order valence-corrected chi connectivity index (χ1v) is 6.82. The Hall–Kier alpha value is 0.161. The minimum absolute atomic E-state index is 0. The van der Waals surface area contributed by atoms with Crippen LogP contribution in [0.25, 0.3) is 0 Å². The number of rotatable bonds is 8. The van der Waals surface area contributed by atoms with Gasteiger partial charge in [-0.25, -0.2) is 0 Å². The van der Waals surface area contributed by atoms with E-state index in [0.29, 0.717) is 0 Å². The molecule has 0 aromatic rings. The van der Waals surface area contributed by atoms with E-state index >= 15 is 0 Å². The molecule has 0 bridgehead atoms. The summed E-state index contributed by atoms with van der Waals surface area (Å²) in [5.41, 5.74) is 0. The van der Waals surface area contributed by atoms with E-state index in [9.17, 15) is 9.59 Å². The van der Waals surface area contributed by atoms with E-state index in [-0.39, 0.29) is 51.6 Å². The van der Waals surface area contributed by atoms with E-state index in [1.165, 1.54) is 0 Å². The third-order valence-corrected chi connectivity index (χ3v) is 2.82. The van der Waals surface area contributed by atoms with Crippen LogP contribution in [0.1, 0.15) is 67.6 Å². The van der Waals surface area contributed by atoms with Crippen molar-refractivity contribution in [2.45, 2.75) is 66.2 Å². The largest absolute Gasteiger partial charge is 1.00 e. The molecule has 0 radical (unpaired) electrons. The first kappa shape index (κ1) is 28.3. The molecular weight excluding hydrogens is 304 g/mol. The van der Waals surface area contributed by atoms with E-state index in [1.54, 1.807) is 13.8 Å². The van der Waals surface area contributed by atoms with Crippen LogP contribution in [0.3, 0.4) is 0 Å². The maximum Gasteiger partial charge on any atom is 1.00 e. The number of hydrogen-bond donors (Lipinski definition) is 2. The Bertz CT molecular complexity index is 219. The number of carboxylic acid groups (broad SMARTS) is 2. The van der Waals surface area contributed by atoms with E-state index in [0.717, 1.165) is 38.5 Å². The molecule has 0 aliphatic carbocycles. The fourth-order valence-electron chi connectivity index (χ4n) is 1.27. The average molecular weight is 334 g/mol. The average Bonchev–Trinajstić information content (AvgIpc) is 2.33. The van der Waals surface area contributed by atoms with Crippen LogP contribution in [0, 0.1) is 11.8 Å². The normalized spacial score (nSPS) is 11.8. The molecule has 0 aromatic carbocycles. The first-order chi connectivity index (χ1) is 8.36. The van der Waals surface area contributed by atoms with Crippen molar-refractivity contribution in [3.8, 4) is 0 Å². The van der Waals surface area contributed by atoms with E-state index < -0.39 is 11.9 Å². The molecule has 0 spiro atoms. The summed E-state index contributed by atoms with van der Waals surface area (Å²) < 4.78 is 0. The Balaban J connectivity index is -0.0000000711. The van der Waals surface area contributed by atoms with Gasteiger partial charge >= 0.3 is 30.8 Å². The van der Waals surface area contributed by atoms with E-state index in [4.69, 9.17) is 10.2 Å². The van der Waals surface area contributed by atoms with Gasteiger partial charge < -0.3 is 11.6 Å². The zero-order valence-corrected chi connectivity index (χ0v) is 16.8. The van der Waals surface area contributed by atoms with Crippen LogP contribution in [-0.4, -0.2) is 22.2 Å². The molecule has 0 fully saturated rings. The second-order valence-corrected chi connectivity index (χ2v) is 4.76. The van der Waals surface area contributed by atoms with Crippen molar-refractivity contribution in [1.82, 2.24) is 0 Å². The number of carbonyl (C=O) groups is 2. The Morgan fingerprint density at radius 1 is 0.900 bits per heavy atom. The molecular formula is C14H29LiO4Zn. The van der Waals surface area contributed by atoms with Gasteiger partial charge in [-0.05, 0) is 12.8 Å². The van der Waals surface area contributed by atoms with Gasteiger partial charge in [0.25, 0.3) is 0 Å². The zero-order chi connectivity index (χ0) is 14.6. The number of unbranched alkanes of at least 4 members (excludes halogenated alkanes) is 2. The maximum atomic E-state index is 10.2. The molecule has 0 heterocycles. The van der Waals surface area contributed by atoms with Crippen molar-refractivity contribution in [3.63, 3.8) is 0 Å². The fraction of sp³-hybridized carbons (Fsp3) is 0.857. The third-order valence-electron chi connectivity index (χ3n) is 2.82. The van der Waals surface area contributed by atoms with E-state index in [2.05, 4.69) is 13.8 Å². The van der Waals surface area contributed by atoms with Crippen molar-refractivity contribution in [3.05, 3.63) is 0 Å². The molecule has 2 atom stereocenters. The van der Waals surface area contributed by atoms with Crippen LogP contribution in [0.5, 0.6) is 0 Å². The summed E-state index contributed by atoms with van der Waals surface area (Å²) in [7, 11) is 0. The van der Waals surface area contributed by atoms with Crippen LogP contribution >= 0.6 is 0 Å². The number of aliphatic carboxylic acids is 2. The number of carboxylic acids is 2. The van der Waals surface area contributed by atoms with Crippen molar-refractivity contribution in [2.24, 2.45) is 11.8 Å². The summed E-state index contributed by atoms with van der Waals surface area (Å²) in [6, 6.07) is 0. The van der Waals surface area contributed by atoms with Crippen molar-refractivity contribution in [2.75, 3.05) is 0 Å². The first-order valence-electron chi connectivity index (χ1n) is 6.82. The minimum atomic E-state index is -0.677. The SMILES string of the molecule is CCCCC(C)C(=O)O.CCCCC(C)C(=O)O.[H-].[Li+].[Zn]. The summed E-state index contributed by atoms with van der Waals surface area (Å²) in [4.78, 5) is 20.4. The van der Waals surface area contributed by atoms with E-state index in [1.807, 2.05) is 0 Å². The monoisotopic (exact) mass is 332 g/mol. The smallest absolute Gasteiger partial charge is 1.00 e. The maximum absolute atomic E-state index is 10.2. The predicted molar refractivity (Wildman–Crippen MR) is 73.8 cm³/mol. The summed E-state index contributed by atoms with van der Waals surface area (Å²) >= 11 is 0. The third kappa shape index (κ3) is 20.5. The van der Waals surface area contributed by atoms with Gasteiger partial charge in [-0.2, -0.15) is 0 Å². The molecule has 0 rings (SSSR count). The molecule has 0 aliphatic rings. The Kier molecular flexibility index (Phi) is 27.2. The van der Waals surface area contributed by atoms with Gasteiger partial charge in [0.15, 0.2) is 0 Å². The Labute approximate surface area is 149 Å². The Morgan fingerprint density at radius 3 is 1.30 bits per heavy atom. The van der Waals surface area contributed by atoms with Crippen LogP contribution in [0.4, 0.5) is 0 Å². The summed E-state index contributed by atoms with van der Waals surface area (Å²) in [5, 5.41) is 16.8. The summed E-state index contributed by atoms with van der Waals surface area (Å²) in [6.07, 6.45) is 5.83. The molecule has 4 nitrogen and oxygen atoms in total. The Morgan fingerprint density at radius 2 is 1.15 bits per heavy atom. The zero-order valence-electron chi connectivity index (χ0n) is 14.8. The van der Waals surface area contributed by atoms with Gasteiger partial charge in [0.05, 0.1) is 11.8 Å². The molecule has 0 saturated heterocycles. The second kappa shape index (κ2) is 19.2. The molecule has 0 saturated carbocycles. The van der Waals surface area contributed by atoms with Gasteiger partial charge in [0, 0.05) is 19.5 Å².